The van der Waals surface area contributed by atoms with Crippen LogP contribution in [0.25, 0.3) is 21.8 Å². The minimum Gasteiger partial charge on any atom is -0.356 e. The minimum absolute atomic E-state index is 0.410. The number of carbonyl (C=O) groups is 1. The molecule has 3 aromatic rings. The second kappa shape index (κ2) is 6.71. The number of hydrogen-bond acceptors (Lipinski definition) is 4. The molecule has 1 aliphatic heterocycles. The van der Waals surface area contributed by atoms with Crippen molar-refractivity contribution in [2.45, 2.75) is 19.0 Å². The van der Waals surface area contributed by atoms with Crippen molar-refractivity contribution in [3.05, 3.63) is 30.7 Å². The maximum absolute atomic E-state index is 12.3. The van der Waals surface area contributed by atoms with Gasteiger partial charge in [-0.3, -0.25) is 4.79 Å². The number of H-pyrrole nitrogens is 1. The number of amides is 1. The Morgan fingerprint density at radius 1 is 1.26 bits per heavy atom. The largest absolute Gasteiger partial charge is 0.405 e. The zero-order valence-electron chi connectivity index (χ0n) is 14.4. The molecule has 1 amide bonds. The van der Waals surface area contributed by atoms with Gasteiger partial charge in [0.25, 0.3) is 0 Å². The monoisotopic (exact) mass is 377 g/mol. The molecular formula is C18H18F3N5O. The molecule has 1 saturated heterocycles. The van der Waals surface area contributed by atoms with Crippen molar-refractivity contribution in [1.82, 2.24) is 20.3 Å². The Morgan fingerprint density at radius 3 is 2.78 bits per heavy atom. The lowest BCUT2D eigenvalue weighted by Crippen LogP contribution is -2.43. The van der Waals surface area contributed by atoms with Crippen LogP contribution in [0.15, 0.2) is 30.7 Å². The summed E-state index contributed by atoms with van der Waals surface area (Å²) >= 11 is 0. The summed E-state index contributed by atoms with van der Waals surface area (Å²) in [6.45, 7) is -0.162. The third-order valence-electron chi connectivity index (χ3n) is 4.92. The number of fused-ring (bicyclic) bond motifs is 3. The van der Waals surface area contributed by atoms with Crippen LogP contribution >= 0.6 is 0 Å². The predicted molar refractivity (Wildman–Crippen MR) is 95.4 cm³/mol. The predicted octanol–water partition coefficient (Wildman–Crippen LogP) is 3.01. The normalized spacial score (nSPS) is 16.2. The maximum atomic E-state index is 12.3. The quantitative estimate of drug-likeness (QED) is 0.736. The molecule has 1 fully saturated rings. The molecule has 0 saturated carbocycles. The van der Waals surface area contributed by atoms with Crippen LogP contribution in [-0.2, 0) is 4.79 Å². The van der Waals surface area contributed by atoms with E-state index in [9.17, 15) is 18.0 Å². The van der Waals surface area contributed by atoms with Crippen LogP contribution < -0.4 is 10.2 Å². The molecule has 4 heterocycles. The van der Waals surface area contributed by atoms with Gasteiger partial charge in [0.2, 0.25) is 5.91 Å². The molecule has 0 aromatic carbocycles. The number of carbonyl (C=O) groups excluding carboxylic acids is 1. The van der Waals surface area contributed by atoms with Gasteiger partial charge < -0.3 is 15.2 Å². The second-order valence-corrected chi connectivity index (χ2v) is 6.69. The highest BCUT2D eigenvalue weighted by molar-refractivity contribution is 6.10. The third-order valence-corrected chi connectivity index (χ3v) is 4.92. The van der Waals surface area contributed by atoms with Crippen molar-refractivity contribution < 1.29 is 18.0 Å². The molecular weight excluding hydrogens is 359 g/mol. The van der Waals surface area contributed by atoms with E-state index in [-0.39, 0.29) is 0 Å². The first-order valence-corrected chi connectivity index (χ1v) is 8.72. The van der Waals surface area contributed by atoms with E-state index in [0.717, 1.165) is 27.6 Å². The van der Waals surface area contributed by atoms with Crippen molar-refractivity contribution in [3.63, 3.8) is 0 Å². The fourth-order valence-electron chi connectivity index (χ4n) is 3.58. The Morgan fingerprint density at radius 2 is 2.04 bits per heavy atom. The number of nitrogens with one attached hydrogen (secondary N) is 2. The molecule has 142 valence electrons. The summed E-state index contributed by atoms with van der Waals surface area (Å²) < 4.78 is 36.8. The van der Waals surface area contributed by atoms with Crippen molar-refractivity contribution in [2.75, 3.05) is 24.5 Å². The Balaban J connectivity index is 1.52. The van der Waals surface area contributed by atoms with Crippen LogP contribution in [0.2, 0.25) is 0 Å². The van der Waals surface area contributed by atoms with Gasteiger partial charge in [-0.2, -0.15) is 13.2 Å². The first kappa shape index (κ1) is 17.6. The molecule has 27 heavy (non-hydrogen) atoms. The van der Waals surface area contributed by atoms with Gasteiger partial charge in [-0.05, 0) is 25.0 Å². The van der Waals surface area contributed by atoms with Crippen LogP contribution in [0.5, 0.6) is 0 Å². The minimum atomic E-state index is -4.39. The number of hydrogen-bond donors (Lipinski definition) is 2. The zero-order chi connectivity index (χ0) is 19.0. The first-order chi connectivity index (χ1) is 12.9. The Hall–Kier alpha value is -2.84. The molecule has 1 aliphatic rings. The number of aromatic amines is 1. The number of piperidine rings is 1. The number of rotatable bonds is 3. The van der Waals surface area contributed by atoms with Crippen LogP contribution in [0.3, 0.4) is 0 Å². The molecule has 0 atom stereocenters. The fraction of sp³-hybridized carbons (Fsp3) is 0.389. The van der Waals surface area contributed by atoms with Gasteiger partial charge in [0.05, 0.1) is 0 Å². The first-order valence-electron chi connectivity index (χ1n) is 8.72. The van der Waals surface area contributed by atoms with Gasteiger partial charge in [0, 0.05) is 53.8 Å². The molecule has 0 aliphatic carbocycles. The van der Waals surface area contributed by atoms with E-state index in [2.05, 4.69) is 19.9 Å². The van der Waals surface area contributed by atoms with Gasteiger partial charge in [0.1, 0.15) is 18.0 Å². The fourth-order valence-corrected chi connectivity index (χ4v) is 3.58. The van der Waals surface area contributed by atoms with Crippen molar-refractivity contribution in [3.8, 4) is 0 Å². The van der Waals surface area contributed by atoms with Crippen LogP contribution in [-0.4, -0.2) is 46.7 Å². The highest BCUT2D eigenvalue weighted by atomic mass is 19.4. The summed E-state index contributed by atoms with van der Waals surface area (Å²) in [6, 6.07) is 3.85. The van der Waals surface area contributed by atoms with E-state index in [4.69, 9.17) is 0 Å². The van der Waals surface area contributed by atoms with Crippen LogP contribution in [0, 0.1) is 5.92 Å². The number of alkyl halides is 3. The van der Waals surface area contributed by atoms with Crippen molar-refractivity contribution in [2.24, 2.45) is 5.92 Å². The van der Waals surface area contributed by atoms with Gasteiger partial charge >= 0.3 is 6.18 Å². The molecule has 4 rings (SSSR count). The second-order valence-electron chi connectivity index (χ2n) is 6.69. The highest BCUT2D eigenvalue weighted by Gasteiger charge is 2.31. The molecule has 3 aromatic heterocycles. The average molecular weight is 377 g/mol. The summed E-state index contributed by atoms with van der Waals surface area (Å²) in [7, 11) is 0. The van der Waals surface area contributed by atoms with Gasteiger partial charge in [0.15, 0.2) is 0 Å². The number of nitrogens with zero attached hydrogens (tertiary/aromatic N) is 3. The summed E-state index contributed by atoms with van der Waals surface area (Å²) in [5, 5.41) is 4.92. The van der Waals surface area contributed by atoms with E-state index < -0.39 is 24.5 Å². The van der Waals surface area contributed by atoms with Crippen molar-refractivity contribution >= 4 is 33.5 Å². The lowest BCUT2D eigenvalue weighted by molar-refractivity contribution is -0.141. The number of pyridine rings is 2. The summed E-state index contributed by atoms with van der Waals surface area (Å²) in [6.07, 6.45) is 1.92. The summed E-state index contributed by atoms with van der Waals surface area (Å²) in [4.78, 5) is 26.1. The molecule has 0 unspecified atom stereocenters. The van der Waals surface area contributed by atoms with E-state index >= 15 is 0 Å². The molecule has 9 heteroatoms. The molecule has 0 radical (unpaired) electrons. The van der Waals surface area contributed by atoms with Crippen LogP contribution in [0.1, 0.15) is 12.8 Å². The van der Waals surface area contributed by atoms with E-state index in [0.29, 0.717) is 25.9 Å². The van der Waals surface area contributed by atoms with E-state index in [1.165, 1.54) is 0 Å². The Bertz CT molecular complexity index is 976. The summed E-state index contributed by atoms with van der Waals surface area (Å²) in [5.74, 6) is -0.128. The number of halogens is 3. The standard InChI is InChI=1S/C18H18F3N5O/c19-18(20,21)10-25-17(27)11-3-7-26(8-4-11)16-14-12(1-5-23-16)9-24-15-13(14)2-6-22-15/h1-2,5-6,9,11H,3-4,7-8,10H2,(H,22,24)(H,25,27). The highest BCUT2D eigenvalue weighted by Crippen LogP contribution is 2.32. The third kappa shape index (κ3) is 3.54. The van der Waals surface area contributed by atoms with E-state index in [1.807, 2.05) is 23.6 Å². The maximum Gasteiger partial charge on any atom is 0.405 e. The SMILES string of the molecule is O=C(NCC(F)(F)F)C1CCN(c2nccc3cnc4[nH]ccc4c23)CC1. The lowest BCUT2D eigenvalue weighted by atomic mass is 9.95. The van der Waals surface area contributed by atoms with Gasteiger partial charge in [-0.1, -0.05) is 0 Å². The number of anilines is 1. The van der Waals surface area contributed by atoms with Gasteiger partial charge in [-0.15, -0.1) is 0 Å². The molecule has 0 spiro atoms. The Kier molecular flexibility index (Phi) is 4.37. The van der Waals surface area contributed by atoms with Crippen molar-refractivity contribution in [1.29, 1.82) is 0 Å². The van der Waals surface area contributed by atoms with Crippen LogP contribution in [0.4, 0.5) is 19.0 Å². The Labute approximate surface area is 152 Å². The molecule has 0 bridgehead atoms. The lowest BCUT2D eigenvalue weighted by Gasteiger charge is -2.33. The topological polar surface area (TPSA) is 73.9 Å². The zero-order valence-corrected chi connectivity index (χ0v) is 14.4. The number of aromatic nitrogens is 3. The summed E-state index contributed by atoms with van der Waals surface area (Å²) in [5.41, 5.74) is 0.776. The molecule has 6 nitrogen and oxygen atoms in total. The average Bonchev–Trinajstić information content (AvgIpc) is 3.14. The van der Waals surface area contributed by atoms with E-state index in [1.54, 1.807) is 12.4 Å². The van der Waals surface area contributed by atoms with Gasteiger partial charge in [-0.25, -0.2) is 9.97 Å². The smallest absolute Gasteiger partial charge is 0.356 e. The molecule has 2 N–H and O–H groups in total.